The summed E-state index contributed by atoms with van der Waals surface area (Å²) in [5, 5.41) is 5.27. The monoisotopic (exact) mass is 513 g/mol. The molecule has 0 heterocycles. The van der Waals surface area contributed by atoms with Gasteiger partial charge in [0, 0.05) is 40.9 Å². The van der Waals surface area contributed by atoms with Gasteiger partial charge in [0.25, 0.3) is 15.9 Å². The van der Waals surface area contributed by atoms with Crippen molar-refractivity contribution >= 4 is 67.0 Å². The third-order valence-electron chi connectivity index (χ3n) is 5.19. The van der Waals surface area contributed by atoms with E-state index in [1.54, 1.807) is 42.5 Å². The van der Waals surface area contributed by atoms with Gasteiger partial charge in [0.1, 0.15) is 0 Å². The number of benzene rings is 4. The normalized spacial score (nSPS) is 11.3. The van der Waals surface area contributed by atoms with Gasteiger partial charge in [-0.3, -0.25) is 9.52 Å². The van der Waals surface area contributed by atoms with E-state index in [1.165, 1.54) is 18.2 Å². The smallest absolute Gasteiger partial charge is 0.261 e. The molecule has 0 bridgehead atoms. The van der Waals surface area contributed by atoms with Gasteiger partial charge in [0.15, 0.2) is 0 Å². The van der Waals surface area contributed by atoms with Crippen LogP contribution in [0.15, 0.2) is 83.8 Å². The average Bonchev–Trinajstić information content (AvgIpc) is 2.80. The summed E-state index contributed by atoms with van der Waals surface area (Å²) >= 11 is 12.0. The summed E-state index contributed by atoms with van der Waals surface area (Å²) in [7, 11) is -0.132. The van der Waals surface area contributed by atoms with Crippen LogP contribution in [0.25, 0.3) is 10.8 Å². The summed E-state index contributed by atoms with van der Waals surface area (Å²) in [6.45, 7) is 0. The fraction of sp³-hybridized carbons (Fsp3) is 0.0800. The Balaban J connectivity index is 1.67. The molecule has 0 aliphatic heterocycles. The van der Waals surface area contributed by atoms with E-state index < -0.39 is 15.9 Å². The topological polar surface area (TPSA) is 78.5 Å². The fourth-order valence-corrected chi connectivity index (χ4v) is 4.94. The number of hydrogen-bond acceptors (Lipinski definition) is 4. The Hall–Kier alpha value is -3.26. The summed E-state index contributed by atoms with van der Waals surface area (Å²) in [5.41, 5.74) is 1.68. The summed E-state index contributed by atoms with van der Waals surface area (Å²) in [5.74, 6) is -0.517. The average molecular weight is 514 g/mol. The Morgan fingerprint density at radius 1 is 0.853 bits per heavy atom. The number of carbonyl (C=O) groups excluding carboxylic acids is 1. The molecule has 0 atom stereocenters. The number of fused-ring (bicyclic) bond motifs is 1. The molecule has 174 valence electrons. The van der Waals surface area contributed by atoms with Gasteiger partial charge in [-0.2, -0.15) is 0 Å². The second kappa shape index (κ2) is 9.54. The molecule has 6 nitrogen and oxygen atoms in total. The first kappa shape index (κ1) is 23.9. The van der Waals surface area contributed by atoms with Crippen LogP contribution in [0.5, 0.6) is 0 Å². The molecule has 2 N–H and O–H groups in total. The quantitative estimate of drug-likeness (QED) is 0.318. The van der Waals surface area contributed by atoms with Crippen molar-refractivity contribution in [2.75, 3.05) is 29.0 Å². The summed E-state index contributed by atoms with van der Waals surface area (Å²) < 4.78 is 29.0. The second-order valence-corrected chi connectivity index (χ2v) is 10.4. The first-order valence-corrected chi connectivity index (χ1v) is 12.5. The van der Waals surface area contributed by atoms with Crippen LogP contribution in [0, 0.1) is 0 Å². The number of anilines is 3. The zero-order valence-electron chi connectivity index (χ0n) is 18.3. The first-order chi connectivity index (χ1) is 16.1. The van der Waals surface area contributed by atoms with E-state index in [0.717, 1.165) is 16.5 Å². The predicted octanol–water partition coefficient (Wildman–Crippen LogP) is 6.27. The molecule has 34 heavy (non-hydrogen) atoms. The maximum absolute atomic E-state index is 13.2. The van der Waals surface area contributed by atoms with Crippen LogP contribution in [0.4, 0.5) is 17.1 Å². The number of sulfonamides is 1. The van der Waals surface area contributed by atoms with Gasteiger partial charge < -0.3 is 10.2 Å². The summed E-state index contributed by atoms with van der Waals surface area (Å²) in [4.78, 5) is 15.0. The van der Waals surface area contributed by atoms with Crippen LogP contribution in [-0.4, -0.2) is 28.4 Å². The standard InChI is InChI=1S/C25H21Cl2N3O3S/c1-30(2)24-5-3-4-16-14-20(11-12-21(16)24)34(32,33)29-23-13-8-18(27)15-22(23)25(31)28-19-9-6-17(26)7-10-19/h3-15,29H,1-2H3,(H,28,31). The lowest BCUT2D eigenvalue weighted by molar-refractivity contribution is 0.102. The maximum atomic E-state index is 13.2. The number of nitrogens with zero attached hydrogens (tertiary/aromatic N) is 1. The number of hydrogen-bond donors (Lipinski definition) is 2. The van der Waals surface area contributed by atoms with E-state index in [1.807, 2.05) is 37.2 Å². The van der Waals surface area contributed by atoms with Crippen molar-refractivity contribution in [3.05, 3.63) is 94.5 Å². The lowest BCUT2D eigenvalue weighted by atomic mass is 10.1. The fourth-order valence-electron chi connectivity index (χ4n) is 3.53. The zero-order valence-corrected chi connectivity index (χ0v) is 20.7. The molecule has 0 aliphatic carbocycles. The summed E-state index contributed by atoms with van der Waals surface area (Å²) in [6.07, 6.45) is 0. The number of rotatable bonds is 6. The summed E-state index contributed by atoms with van der Waals surface area (Å²) in [6, 6.07) is 21.6. The third-order valence-corrected chi connectivity index (χ3v) is 7.04. The Morgan fingerprint density at radius 2 is 1.56 bits per heavy atom. The van der Waals surface area contributed by atoms with Crippen molar-refractivity contribution in [3.8, 4) is 0 Å². The molecular formula is C25H21Cl2N3O3S. The van der Waals surface area contributed by atoms with Gasteiger partial charge in [-0.25, -0.2) is 8.42 Å². The zero-order chi connectivity index (χ0) is 24.5. The van der Waals surface area contributed by atoms with Gasteiger partial charge in [0.2, 0.25) is 0 Å². The Morgan fingerprint density at radius 3 is 2.26 bits per heavy atom. The van der Waals surface area contributed by atoms with Crippen LogP contribution in [-0.2, 0) is 10.0 Å². The largest absolute Gasteiger partial charge is 0.377 e. The molecule has 0 fully saturated rings. The van der Waals surface area contributed by atoms with E-state index in [0.29, 0.717) is 15.7 Å². The van der Waals surface area contributed by atoms with Crippen LogP contribution < -0.4 is 14.9 Å². The molecule has 1 amide bonds. The number of amides is 1. The highest BCUT2D eigenvalue weighted by Crippen LogP contribution is 2.30. The van der Waals surface area contributed by atoms with Crippen molar-refractivity contribution < 1.29 is 13.2 Å². The van der Waals surface area contributed by atoms with E-state index in [-0.39, 0.29) is 16.1 Å². The molecule has 4 aromatic rings. The molecule has 4 aromatic carbocycles. The van der Waals surface area contributed by atoms with E-state index in [9.17, 15) is 13.2 Å². The van der Waals surface area contributed by atoms with Gasteiger partial charge in [-0.15, -0.1) is 0 Å². The molecule has 0 spiro atoms. The Kier molecular flexibility index (Phi) is 6.70. The third kappa shape index (κ3) is 5.12. The second-order valence-electron chi connectivity index (χ2n) is 7.81. The lowest BCUT2D eigenvalue weighted by Gasteiger charge is -2.16. The molecular weight excluding hydrogens is 493 g/mol. The SMILES string of the molecule is CN(C)c1cccc2cc(S(=O)(=O)Nc3ccc(Cl)cc3C(=O)Nc3ccc(Cl)cc3)ccc12. The van der Waals surface area contributed by atoms with Crippen LogP contribution in [0.1, 0.15) is 10.4 Å². The van der Waals surface area contributed by atoms with Crippen molar-refractivity contribution in [2.24, 2.45) is 0 Å². The van der Waals surface area contributed by atoms with Gasteiger partial charge in [0.05, 0.1) is 16.1 Å². The lowest BCUT2D eigenvalue weighted by Crippen LogP contribution is -2.18. The Labute approximate surface area is 208 Å². The van der Waals surface area contributed by atoms with Crippen molar-refractivity contribution in [3.63, 3.8) is 0 Å². The maximum Gasteiger partial charge on any atom is 0.261 e. The Bertz CT molecular complexity index is 1490. The molecule has 0 saturated carbocycles. The predicted molar refractivity (Wildman–Crippen MR) is 140 cm³/mol. The van der Waals surface area contributed by atoms with Crippen LogP contribution >= 0.6 is 23.2 Å². The van der Waals surface area contributed by atoms with Crippen LogP contribution in [0.2, 0.25) is 10.0 Å². The molecule has 9 heteroatoms. The first-order valence-electron chi connectivity index (χ1n) is 10.2. The molecule has 0 saturated heterocycles. The highest BCUT2D eigenvalue weighted by atomic mass is 35.5. The highest BCUT2D eigenvalue weighted by Gasteiger charge is 2.20. The minimum Gasteiger partial charge on any atom is -0.377 e. The van der Waals surface area contributed by atoms with E-state index in [2.05, 4.69) is 10.0 Å². The molecule has 0 aromatic heterocycles. The van der Waals surface area contributed by atoms with Crippen molar-refractivity contribution in [1.82, 2.24) is 0 Å². The van der Waals surface area contributed by atoms with Gasteiger partial charge in [-0.1, -0.05) is 41.4 Å². The molecule has 4 rings (SSSR count). The van der Waals surface area contributed by atoms with E-state index >= 15 is 0 Å². The minimum atomic E-state index is -3.99. The van der Waals surface area contributed by atoms with E-state index in [4.69, 9.17) is 23.2 Å². The van der Waals surface area contributed by atoms with Gasteiger partial charge >= 0.3 is 0 Å². The number of nitrogens with one attached hydrogen (secondary N) is 2. The molecule has 0 radical (unpaired) electrons. The highest BCUT2D eigenvalue weighted by molar-refractivity contribution is 7.92. The van der Waals surface area contributed by atoms with Crippen LogP contribution in [0.3, 0.4) is 0 Å². The number of halogens is 2. The molecule has 0 aliphatic rings. The van der Waals surface area contributed by atoms with Crippen molar-refractivity contribution in [2.45, 2.75) is 4.90 Å². The van der Waals surface area contributed by atoms with Gasteiger partial charge in [-0.05, 0) is 66.0 Å². The molecule has 0 unspecified atom stereocenters. The minimum absolute atomic E-state index is 0.0786. The van der Waals surface area contributed by atoms with Crippen molar-refractivity contribution in [1.29, 1.82) is 0 Å². The number of carbonyl (C=O) groups is 1.